The number of nitro groups is 1. The highest BCUT2D eigenvalue weighted by molar-refractivity contribution is 5.99. The van der Waals surface area contributed by atoms with Gasteiger partial charge in [-0.2, -0.15) is 0 Å². The number of hydrogen-bond donors (Lipinski definition) is 1. The highest BCUT2D eigenvalue weighted by atomic mass is 19.1. The second kappa shape index (κ2) is 8.65. The molecule has 0 spiro atoms. The zero-order valence-electron chi connectivity index (χ0n) is 14.2. The van der Waals surface area contributed by atoms with Gasteiger partial charge >= 0.3 is 5.97 Å². The van der Waals surface area contributed by atoms with Crippen LogP contribution in [-0.2, 0) is 9.53 Å². The monoisotopic (exact) mass is 374 g/mol. The number of aryl methyl sites for hydroxylation is 1. The highest BCUT2D eigenvalue weighted by Gasteiger charge is 2.15. The lowest BCUT2D eigenvalue weighted by molar-refractivity contribution is -0.385. The first-order valence-electron chi connectivity index (χ1n) is 7.75. The Morgan fingerprint density at radius 2 is 1.74 bits per heavy atom. The topological polar surface area (TPSA) is 116 Å². The van der Waals surface area contributed by atoms with Crippen LogP contribution in [0.5, 0.6) is 0 Å². The summed E-state index contributed by atoms with van der Waals surface area (Å²) in [6.45, 7) is 0.465. The summed E-state index contributed by atoms with van der Waals surface area (Å²) >= 11 is 0. The van der Waals surface area contributed by atoms with E-state index in [1.54, 1.807) is 0 Å². The molecule has 0 aliphatic rings. The van der Waals surface area contributed by atoms with Crippen LogP contribution in [0.1, 0.15) is 26.3 Å². The molecular formula is C18H15FN2O6. The van der Waals surface area contributed by atoms with E-state index in [1.807, 2.05) is 0 Å². The highest BCUT2D eigenvalue weighted by Crippen LogP contribution is 2.18. The molecule has 0 aromatic heterocycles. The zero-order valence-corrected chi connectivity index (χ0v) is 14.2. The molecule has 1 amide bonds. The molecule has 2 aromatic carbocycles. The number of benzene rings is 2. The molecule has 8 nitrogen and oxygen atoms in total. The summed E-state index contributed by atoms with van der Waals surface area (Å²) in [7, 11) is 0. The first-order valence-corrected chi connectivity index (χ1v) is 7.75. The number of nitrogens with one attached hydrogen (secondary N) is 1. The number of esters is 1. The summed E-state index contributed by atoms with van der Waals surface area (Å²) in [4.78, 5) is 45.6. The van der Waals surface area contributed by atoms with Crippen LogP contribution in [0.2, 0.25) is 0 Å². The fourth-order valence-electron chi connectivity index (χ4n) is 2.17. The van der Waals surface area contributed by atoms with Crippen LogP contribution >= 0.6 is 0 Å². The number of nitro benzene ring substituents is 1. The summed E-state index contributed by atoms with van der Waals surface area (Å²) < 4.78 is 17.6. The molecule has 27 heavy (non-hydrogen) atoms. The molecule has 2 aromatic rings. The lowest BCUT2D eigenvalue weighted by Gasteiger charge is -2.07. The predicted octanol–water partition coefficient (Wildman–Crippen LogP) is 2.20. The van der Waals surface area contributed by atoms with Crippen molar-refractivity contribution in [3.05, 3.63) is 75.1 Å². The van der Waals surface area contributed by atoms with Gasteiger partial charge in [0.1, 0.15) is 12.4 Å². The molecule has 0 aliphatic heterocycles. The Balaban J connectivity index is 1.83. The number of ketones is 1. The second-order valence-corrected chi connectivity index (χ2v) is 5.53. The molecule has 0 bridgehead atoms. The van der Waals surface area contributed by atoms with Crippen LogP contribution in [-0.4, -0.2) is 35.7 Å². The number of halogens is 1. The van der Waals surface area contributed by atoms with Gasteiger partial charge in [-0.3, -0.25) is 24.5 Å². The summed E-state index contributed by atoms with van der Waals surface area (Å²) in [6.07, 6.45) is 0. The van der Waals surface area contributed by atoms with Crippen molar-refractivity contribution in [1.29, 1.82) is 0 Å². The Bertz CT molecular complexity index is 895. The van der Waals surface area contributed by atoms with E-state index in [4.69, 9.17) is 4.74 Å². The molecule has 0 aliphatic carbocycles. The van der Waals surface area contributed by atoms with E-state index < -0.39 is 41.6 Å². The third kappa shape index (κ3) is 5.43. The molecule has 0 unspecified atom stereocenters. The summed E-state index contributed by atoms with van der Waals surface area (Å²) in [5.74, 6) is -2.46. The number of amides is 1. The standard InChI is InChI=1S/C18H15FN2O6/c1-11-8-13(4-7-15(11)21(25)26)18(24)20-9-17(23)27-10-16(22)12-2-5-14(19)6-3-12/h2-8H,9-10H2,1H3,(H,20,24). The van der Waals surface area contributed by atoms with Gasteiger partial charge in [0.15, 0.2) is 12.4 Å². The van der Waals surface area contributed by atoms with E-state index in [1.165, 1.54) is 37.3 Å². The fraction of sp³-hybridized carbons (Fsp3) is 0.167. The lowest BCUT2D eigenvalue weighted by atomic mass is 10.1. The summed E-state index contributed by atoms with van der Waals surface area (Å²) in [5.41, 5.74) is 0.522. The smallest absolute Gasteiger partial charge is 0.325 e. The normalized spacial score (nSPS) is 10.1. The maximum absolute atomic E-state index is 12.8. The van der Waals surface area contributed by atoms with Crippen molar-refractivity contribution in [1.82, 2.24) is 5.32 Å². The molecule has 0 atom stereocenters. The molecule has 0 heterocycles. The molecular weight excluding hydrogens is 359 g/mol. The van der Waals surface area contributed by atoms with Crippen LogP contribution in [0, 0.1) is 22.9 Å². The van der Waals surface area contributed by atoms with Gasteiger partial charge in [-0.15, -0.1) is 0 Å². The minimum atomic E-state index is -0.836. The Morgan fingerprint density at radius 1 is 1.11 bits per heavy atom. The minimum Gasteiger partial charge on any atom is -0.456 e. The van der Waals surface area contributed by atoms with E-state index in [0.29, 0.717) is 5.56 Å². The van der Waals surface area contributed by atoms with Crippen molar-refractivity contribution in [2.24, 2.45) is 0 Å². The van der Waals surface area contributed by atoms with Crippen molar-refractivity contribution < 1.29 is 28.4 Å². The van der Waals surface area contributed by atoms with Crippen molar-refractivity contribution in [2.75, 3.05) is 13.2 Å². The van der Waals surface area contributed by atoms with Gasteiger partial charge in [0.25, 0.3) is 11.6 Å². The van der Waals surface area contributed by atoms with Crippen LogP contribution in [0.3, 0.4) is 0 Å². The van der Waals surface area contributed by atoms with Gasteiger partial charge < -0.3 is 10.1 Å². The minimum absolute atomic E-state index is 0.120. The van der Waals surface area contributed by atoms with Crippen molar-refractivity contribution in [2.45, 2.75) is 6.92 Å². The maximum atomic E-state index is 12.8. The molecule has 0 fully saturated rings. The summed E-state index contributed by atoms with van der Waals surface area (Å²) in [5, 5.41) is 13.1. The van der Waals surface area contributed by atoms with E-state index in [-0.39, 0.29) is 16.8 Å². The number of carbonyl (C=O) groups is 3. The Kier molecular flexibility index (Phi) is 6.32. The van der Waals surface area contributed by atoms with Crippen LogP contribution in [0.4, 0.5) is 10.1 Å². The second-order valence-electron chi connectivity index (χ2n) is 5.53. The third-order valence-corrected chi connectivity index (χ3v) is 3.58. The third-order valence-electron chi connectivity index (χ3n) is 3.58. The molecule has 9 heteroatoms. The average Bonchev–Trinajstić information content (AvgIpc) is 2.64. The number of Topliss-reactive ketones (excluding diaryl/α,β-unsaturated/α-hetero) is 1. The Hall–Kier alpha value is -3.62. The van der Waals surface area contributed by atoms with Crippen molar-refractivity contribution in [3.8, 4) is 0 Å². The van der Waals surface area contributed by atoms with Crippen molar-refractivity contribution >= 4 is 23.3 Å². The molecule has 0 saturated heterocycles. The van der Waals surface area contributed by atoms with E-state index in [0.717, 1.165) is 12.1 Å². The molecule has 2 rings (SSSR count). The van der Waals surface area contributed by atoms with Crippen molar-refractivity contribution in [3.63, 3.8) is 0 Å². The number of ether oxygens (including phenoxy) is 1. The largest absolute Gasteiger partial charge is 0.456 e. The molecule has 0 saturated carbocycles. The number of nitrogens with zero attached hydrogens (tertiary/aromatic N) is 1. The number of hydrogen-bond acceptors (Lipinski definition) is 6. The SMILES string of the molecule is Cc1cc(C(=O)NCC(=O)OCC(=O)c2ccc(F)cc2)ccc1[N+](=O)[O-]. The van der Waals surface area contributed by atoms with Crippen LogP contribution in [0.25, 0.3) is 0 Å². The van der Waals surface area contributed by atoms with E-state index >= 15 is 0 Å². The van der Waals surface area contributed by atoms with E-state index in [2.05, 4.69) is 5.32 Å². The first-order chi connectivity index (χ1) is 12.8. The van der Waals surface area contributed by atoms with Gasteiger partial charge in [0, 0.05) is 22.8 Å². The molecule has 140 valence electrons. The van der Waals surface area contributed by atoms with Gasteiger partial charge in [0.05, 0.1) is 4.92 Å². The number of carbonyl (C=O) groups excluding carboxylic acids is 3. The maximum Gasteiger partial charge on any atom is 0.325 e. The van der Waals surface area contributed by atoms with Gasteiger partial charge in [0.2, 0.25) is 0 Å². The Labute approximate surface area is 153 Å². The number of rotatable bonds is 7. The van der Waals surface area contributed by atoms with Crippen LogP contribution < -0.4 is 5.32 Å². The fourth-order valence-corrected chi connectivity index (χ4v) is 2.17. The molecule has 1 N–H and O–H groups in total. The van der Waals surface area contributed by atoms with E-state index in [9.17, 15) is 28.9 Å². The summed E-state index contributed by atoms with van der Waals surface area (Å²) in [6, 6.07) is 8.56. The van der Waals surface area contributed by atoms with Gasteiger partial charge in [-0.25, -0.2) is 4.39 Å². The average molecular weight is 374 g/mol. The first kappa shape index (κ1) is 19.7. The van der Waals surface area contributed by atoms with Crippen LogP contribution in [0.15, 0.2) is 42.5 Å². The van der Waals surface area contributed by atoms with Gasteiger partial charge in [-0.1, -0.05) is 0 Å². The quantitative estimate of drug-likeness (QED) is 0.344. The lowest BCUT2D eigenvalue weighted by Crippen LogP contribution is -2.31. The van der Waals surface area contributed by atoms with Gasteiger partial charge in [-0.05, 0) is 43.3 Å². The Morgan fingerprint density at radius 3 is 2.33 bits per heavy atom. The zero-order chi connectivity index (χ0) is 20.0. The predicted molar refractivity (Wildman–Crippen MR) is 91.9 cm³/mol. The molecule has 0 radical (unpaired) electrons.